The van der Waals surface area contributed by atoms with Crippen molar-refractivity contribution in [2.75, 3.05) is 65.9 Å². The number of nitrogens with one attached hydrogen (secondary N) is 1. The molecular weight excluding hydrogens is 446 g/mol. The van der Waals surface area contributed by atoms with Crippen LogP contribution in [0.2, 0.25) is 0 Å². The molecule has 3 rings (SSSR count). The van der Waals surface area contributed by atoms with Crippen LogP contribution < -0.4 is 15.0 Å². The van der Waals surface area contributed by atoms with Crippen LogP contribution in [0.25, 0.3) is 0 Å². The monoisotopic (exact) mass is 485 g/mol. The van der Waals surface area contributed by atoms with E-state index in [1.54, 1.807) is 14.2 Å². The summed E-state index contributed by atoms with van der Waals surface area (Å²) in [6.45, 7) is 5.90. The van der Waals surface area contributed by atoms with E-state index in [0.29, 0.717) is 18.9 Å². The molecule has 1 unspecified atom stereocenters. The van der Waals surface area contributed by atoms with Gasteiger partial charge in [0.2, 0.25) is 0 Å². The van der Waals surface area contributed by atoms with Crippen LogP contribution in [0.3, 0.4) is 0 Å². The predicted molar refractivity (Wildman–Crippen MR) is 137 cm³/mol. The standard InChI is InChI=1S/C27H39N3O5/c1-5-14-28-27(31)21-9-11-23(12-10-21)29(2)26(18-30-15-13-25(17-30)35-20-33-4)22-7-6-8-24(16-22)34-19-32-3/h6-12,16,25-26H,5,13-15,17-20H2,1-4H3,(H,28,31)/t25?,26-/m0/s1. The van der Waals surface area contributed by atoms with E-state index in [4.69, 9.17) is 18.9 Å². The quantitative estimate of drug-likeness (QED) is 0.409. The fourth-order valence-electron chi connectivity index (χ4n) is 4.27. The van der Waals surface area contributed by atoms with E-state index in [2.05, 4.69) is 34.3 Å². The van der Waals surface area contributed by atoms with E-state index in [0.717, 1.165) is 49.5 Å². The predicted octanol–water partition coefficient (Wildman–Crippen LogP) is 3.68. The molecule has 8 heteroatoms. The molecule has 1 saturated heterocycles. The van der Waals surface area contributed by atoms with Crippen LogP contribution >= 0.6 is 0 Å². The van der Waals surface area contributed by atoms with Gasteiger partial charge >= 0.3 is 0 Å². The first-order valence-electron chi connectivity index (χ1n) is 12.2. The van der Waals surface area contributed by atoms with E-state index >= 15 is 0 Å². The first kappa shape index (κ1) is 26.9. The van der Waals surface area contributed by atoms with Crippen LogP contribution in [-0.4, -0.2) is 77.9 Å². The Labute approximate surface area is 209 Å². The summed E-state index contributed by atoms with van der Waals surface area (Å²) in [5.41, 5.74) is 2.85. The van der Waals surface area contributed by atoms with Crippen molar-refractivity contribution < 1.29 is 23.7 Å². The minimum Gasteiger partial charge on any atom is -0.468 e. The van der Waals surface area contributed by atoms with Gasteiger partial charge in [-0.3, -0.25) is 9.69 Å². The van der Waals surface area contributed by atoms with Crippen molar-refractivity contribution in [1.82, 2.24) is 10.2 Å². The number of benzene rings is 2. The normalized spacial score (nSPS) is 16.7. The number of nitrogens with zero attached hydrogens (tertiary/aromatic N) is 2. The van der Waals surface area contributed by atoms with Gasteiger partial charge in [0.1, 0.15) is 12.5 Å². The van der Waals surface area contributed by atoms with Crippen molar-refractivity contribution in [2.24, 2.45) is 0 Å². The van der Waals surface area contributed by atoms with Crippen molar-refractivity contribution in [3.63, 3.8) is 0 Å². The van der Waals surface area contributed by atoms with Gasteiger partial charge < -0.3 is 29.2 Å². The van der Waals surface area contributed by atoms with E-state index < -0.39 is 0 Å². The van der Waals surface area contributed by atoms with Crippen molar-refractivity contribution in [3.8, 4) is 5.75 Å². The van der Waals surface area contributed by atoms with E-state index in [1.807, 2.05) is 43.3 Å². The third-order valence-corrected chi connectivity index (χ3v) is 6.21. The molecule has 0 aliphatic carbocycles. The Morgan fingerprint density at radius 1 is 1.14 bits per heavy atom. The number of carbonyl (C=O) groups is 1. The maximum Gasteiger partial charge on any atom is 0.251 e. The summed E-state index contributed by atoms with van der Waals surface area (Å²) >= 11 is 0. The fraction of sp³-hybridized carbons (Fsp3) is 0.519. The van der Waals surface area contributed by atoms with Crippen LogP contribution in [0.4, 0.5) is 5.69 Å². The molecule has 1 aliphatic rings. The number of likely N-dealkylation sites (tertiary alicyclic amines) is 1. The topological polar surface area (TPSA) is 72.5 Å². The molecule has 1 heterocycles. The van der Waals surface area contributed by atoms with E-state index in [-0.39, 0.29) is 24.8 Å². The average Bonchev–Trinajstić information content (AvgIpc) is 3.35. The van der Waals surface area contributed by atoms with Crippen molar-refractivity contribution in [2.45, 2.75) is 31.9 Å². The third kappa shape index (κ3) is 7.93. The molecule has 0 aromatic heterocycles. The summed E-state index contributed by atoms with van der Waals surface area (Å²) in [5.74, 6) is 0.730. The number of carbonyl (C=O) groups excluding carboxylic acids is 1. The molecule has 0 radical (unpaired) electrons. The molecule has 1 aliphatic heterocycles. The van der Waals surface area contributed by atoms with E-state index in [9.17, 15) is 4.79 Å². The highest BCUT2D eigenvalue weighted by Crippen LogP contribution is 2.30. The number of rotatable bonds is 14. The van der Waals surface area contributed by atoms with Gasteiger partial charge in [0.05, 0.1) is 12.1 Å². The molecule has 0 saturated carbocycles. The number of ether oxygens (including phenoxy) is 4. The first-order chi connectivity index (χ1) is 17.0. The number of hydrogen-bond donors (Lipinski definition) is 1. The molecule has 1 N–H and O–H groups in total. The molecular formula is C27H39N3O5. The summed E-state index contributed by atoms with van der Waals surface area (Å²) in [6.07, 6.45) is 2.08. The number of hydrogen-bond acceptors (Lipinski definition) is 7. The summed E-state index contributed by atoms with van der Waals surface area (Å²) in [4.78, 5) is 17.0. The SMILES string of the molecule is CCCNC(=O)c1ccc(N(C)[C@@H](CN2CCC(OCOC)C2)c2cccc(OCOC)c2)cc1. The smallest absolute Gasteiger partial charge is 0.251 e. The largest absolute Gasteiger partial charge is 0.468 e. The van der Waals surface area contributed by atoms with Crippen LogP contribution in [0.15, 0.2) is 48.5 Å². The summed E-state index contributed by atoms with van der Waals surface area (Å²) < 4.78 is 21.6. The van der Waals surface area contributed by atoms with Gasteiger partial charge in [0, 0.05) is 58.7 Å². The molecule has 2 aromatic carbocycles. The van der Waals surface area contributed by atoms with E-state index in [1.165, 1.54) is 0 Å². The van der Waals surface area contributed by atoms with Gasteiger partial charge in [-0.15, -0.1) is 0 Å². The Morgan fingerprint density at radius 2 is 1.91 bits per heavy atom. The zero-order valence-electron chi connectivity index (χ0n) is 21.4. The van der Waals surface area contributed by atoms with Crippen molar-refractivity contribution in [1.29, 1.82) is 0 Å². The van der Waals surface area contributed by atoms with Gasteiger partial charge in [-0.05, 0) is 54.8 Å². The highest BCUT2D eigenvalue weighted by atomic mass is 16.7. The summed E-state index contributed by atoms with van der Waals surface area (Å²) in [6, 6.07) is 16.0. The first-order valence-corrected chi connectivity index (χ1v) is 12.2. The molecule has 0 spiro atoms. The Balaban J connectivity index is 1.79. The van der Waals surface area contributed by atoms with Crippen molar-refractivity contribution in [3.05, 3.63) is 59.7 Å². The number of amides is 1. The lowest BCUT2D eigenvalue weighted by atomic mass is 10.0. The average molecular weight is 486 g/mol. The highest BCUT2D eigenvalue weighted by Gasteiger charge is 2.28. The molecule has 1 fully saturated rings. The van der Waals surface area contributed by atoms with Crippen LogP contribution in [0.5, 0.6) is 5.75 Å². The Kier molecular flexibility index (Phi) is 10.8. The Morgan fingerprint density at radius 3 is 2.63 bits per heavy atom. The molecule has 1 amide bonds. The Bertz CT molecular complexity index is 908. The fourth-order valence-corrected chi connectivity index (χ4v) is 4.27. The number of anilines is 1. The van der Waals surface area contributed by atoms with Crippen molar-refractivity contribution >= 4 is 11.6 Å². The second-order valence-corrected chi connectivity index (χ2v) is 8.80. The molecule has 35 heavy (non-hydrogen) atoms. The minimum absolute atomic E-state index is 0.0419. The van der Waals surface area contributed by atoms with Gasteiger partial charge in [-0.25, -0.2) is 0 Å². The van der Waals surface area contributed by atoms with Gasteiger partial charge in [0.15, 0.2) is 6.79 Å². The molecule has 2 aromatic rings. The molecule has 0 bridgehead atoms. The summed E-state index contributed by atoms with van der Waals surface area (Å²) in [7, 11) is 5.35. The highest BCUT2D eigenvalue weighted by molar-refractivity contribution is 5.94. The van der Waals surface area contributed by atoms with Gasteiger partial charge in [-0.2, -0.15) is 0 Å². The van der Waals surface area contributed by atoms with Gasteiger partial charge in [0.25, 0.3) is 5.91 Å². The minimum atomic E-state index is -0.0419. The van der Waals surface area contributed by atoms with Gasteiger partial charge in [-0.1, -0.05) is 19.1 Å². The lowest BCUT2D eigenvalue weighted by molar-refractivity contribution is -0.0671. The second kappa shape index (κ2) is 14.0. The second-order valence-electron chi connectivity index (χ2n) is 8.80. The zero-order valence-corrected chi connectivity index (χ0v) is 21.4. The van der Waals surface area contributed by atoms with Crippen LogP contribution in [0.1, 0.15) is 41.7 Å². The Hall–Kier alpha value is -2.65. The number of likely N-dealkylation sites (N-methyl/N-ethyl adjacent to an activating group) is 1. The van der Waals surface area contributed by atoms with Crippen LogP contribution in [0, 0.1) is 0 Å². The third-order valence-electron chi connectivity index (χ3n) is 6.21. The zero-order chi connectivity index (χ0) is 25.0. The molecule has 192 valence electrons. The molecule has 8 nitrogen and oxygen atoms in total. The number of methoxy groups -OCH3 is 2. The van der Waals surface area contributed by atoms with Crippen LogP contribution in [-0.2, 0) is 14.2 Å². The maximum absolute atomic E-state index is 12.3. The summed E-state index contributed by atoms with van der Waals surface area (Å²) in [5, 5.41) is 2.93. The lowest BCUT2D eigenvalue weighted by Crippen LogP contribution is -2.36. The maximum atomic E-state index is 12.3. The lowest BCUT2D eigenvalue weighted by Gasteiger charge is -2.34. The molecule has 2 atom stereocenters.